The van der Waals surface area contributed by atoms with E-state index >= 15 is 0 Å². The number of carbonyl (C=O) groups is 1. The molecule has 1 aliphatic carbocycles. The summed E-state index contributed by atoms with van der Waals surface area (Å²) in [7, 11) is 3.49. The predicted octanol–water partition coefficient (Wildman–Crippen LogP) is 2.78. The van der Waals surface area contributed by atoms with Gasteiger partial charge < -0.3 is 16.0 Å². The van der Waals surface area contributed by atoms with Crippen LogP contribution < -0.4 is 11.1 Å². The highest BCUT2D eigenvalue weighted by atomic mass is 32.1. The molecule has 18 heavy (non-hydrogen) atoms. The molecule has 0 unspecified atom stereocenters. The first kappa shape index (κ1) is 13.2. The monoisotopic (exact) mass is 267 g/mol. The van der Waals surface area contributed by atoms with Gasteiger partial charge in [0, 0.05) is 20.1 Å². The molecule has 4 nitrogen and oxygen atoms in total. The van der Waals surface area contributed by atoms with Crippen LogP contribution in [-0.2, 0) is 0 Å². The summed E-state index contributed by atoms with van der Waals surface area (Å²) in [5, 5.41) is 4.52. The number of hydrogen-bond acceptors (Lipinski definition) is 4. The molecular formula is C13H21N3OS. The van der Waals surface area contributed by atoms with Gasteiger partial charge in [-0.05, 0) is 18.9 Å². The molecule has 3 N–H and O–H groups in total. The van der Waals surface area contributed by atoms with Gasteiger partial charge in [0.1, 0.15) is 4.88 Å². The van der Waals surface area contributed by atoms with Crippen molar-refractivity contribution in [3.63, 3.8) is 0 Å². The van der Waals surface area contributed by atoms with E-state index < -0.39 is 0 Å². The van der Waals surface area contributed by atoms with Crippen molar-refractivity contribution in [3.05, 3.63) is 10.9 Å². The number of amides is 1. The summed E-state index contributed by atoms with van der Waals surface area (Å²) in [5.41, 5.74) is 6.49. The van der Waals surface area contributed by atoms with Crippen LogP contribution in [0, 0.1) is 0 Å². The van der Waals surface area contributed by atoms with Gasteiger partial charge in [0.05, 0.1) is 10.7 Å². The predicted molar refractivity (Wildman–Crippen MR) is 77.2 cm³/mol. The minimum atomic E-state index is -0.0193. The average molecular weight is 267 g/mol. The molecule has 0 saturated heterocycles. The fourth-order valence-electron chi connectivity index (χ4n) is 2.29. The van der Waals surface area contributed by atoms with Gasteiger partial charge in [-0.15, -0.1) is 11.3 Å². The zero-order valence-corrected chi connectivity index (χ0v) is 11.8. The number of nitrogen functional groups attached to an aromatic ring is 1. The molecule has 0 radical (unpaired) electrons. The summed E-state index contributed by atoms with van der Waals surface area (Å²) in [6.45, 7) is 0. The highest BCUT2D eigenvalue weighted by Crippen LogP contribution is 2.32. The first-order valence-electron chi connectivity index (χ1n) is 6.45. The number of nitrogens with one attached hydrogen (secondary N) is 1. The Hall–Kier alpha value is -1.23. The molecule has 0 spiro atoms. The number of carbonyl (C=O) groups excluding carboxylic acids is 1. The number of nitrogens with zero attached hydrogens (tertiary/aromatic N) is 1. The minimum absolute atomic E-state index is 0.0193. The Balaban J connectivity index is 2.06. The first-order chi connectivity index (χ1) is 8.58. The van der Waals surface area contributed by atoms with E-state index in [2.05, 4.69) is 5.32 Å². The van der Waals surface area contributed by atoms with Crippen LogP contribution >= 0.6 is 11.3 Å². The maximum atomic E-state index is 11.9. The van der Waals surface area contributed by atoms with Crippen molar-refractivity contribution < 1.29 is 4.79 Å². The molecule has 0 aliphatic heterocycles. The smallest absolute Gasteiger partial charge is 0.265 e. The number of nitrogens with two attached hydrogens (primary N) is 1. The van der Waals surface area contributed by atoms with Gasteiger partial charge in [0.25, 0.3) is 5.91 Å². The van der Waals surface area contributed by atoms with E-state index in [1.165, 1.54) is 43.4 Å². The lowest BCUT2D eigenvalue weighted by Crippen LogP contribution is -2.22. The molecular weight excluding hydrogens is 246 g/mol. The maximum Gasteiger partial charge on any atom is 0.265 e. The molecule has 0 bridgehead atoms. The molecule has 0 atom stereocenters. The third-order valence-corrected chi connectivity index (χ3v) is 4.38. The molecule has 100 valence electrons. The third kappa shape index (κ3) is 2.96. The van der Waals surface area contributed by atoms with Crippen LogP contribution in [0.3, 0.4) is 0 Å². The summed E-state index contributed by atoms with van der Waals surface area (Å²) in [5.74, 6) is -0.0193. The first-order valence-corrected chi connectivity index (χ1v) is 7.27. The molecule has 1 aromatic rings. The van der Waals surface area contributed by atoms with E-state index in [1.54, 1.807) is 19.0 Å². The fourth-order valence-corrected chi connectivity index (χ4v) is 3.37. The van der Waals surface area contributed by atoms with Gasteiger partial charge in [-0.25, -0.2) is 0 Å². The quantitative estimate of drug-likeness (QED) is 0.885. The van der Waals surface area contributed by atoms with E-state index in [0.29, 0.717) is 16.6 Å². The maximum absolute atomic E-state index is 11.9. The Bertz CT molecular complexity index is 422. The zero-order valence-electron chi connectivity index (χ0n) is 11.0. The SMILES string of the molecule is CN(C)C(=O)c1sc(NC2CCCCC2)cc1N. The highest BCUT2D eigenvalue weighted by Gasteiger charge is 2.18. The highest BCUT2D eigenvalue weighted by molar-refractivity contribution is 7.18. The van der Waals surface area contributed by atoms with Crippen LogP contribution in [-0.4, -0.2) is 30.9 Å². The van der Waals surface area contributed by atoms with Gasteiger partial charge in [-0.2, -0.15) is 0 Å². The van der Waals surface area contributed by atoms with E-state index in [4.69, 9.17) is 5.73 Å². The average Bonchev–Trinajstić information content (AvgIpc) is 2.70. The van der Waals surface area contributed by atoms with Crippen molar-refractivity contribution in [2.24, 2.45) is 0 Å². The Kier molecular flexibility index (Phi) is 4.11. The lowest BCUT2D eigenvalue weighted by molar-refractivity contribution is 0.0833. The lowest BCUT2D eigenvalue weighted by Gasteiger charge is -2.22. The van der Waals surface area contributed by atoms with Gasteiger partial charge in [0.15, 0.2) is 0 Å². The molecule has 1 aromatic heterocycles. The van der Waals surface area contributed by atoms with Crippen molar-refractivity contribution in [2.75, 3.05) is 25.1 Å². The summed E-state index contributed by atoms with van der Waals surface area (Å²) in [4.78, 5) is 14.1. The standard InChI is InChI=1S/C13H21N3OS/c1-16(2)13(17)12-10(14)8-11(18-12)15-9-6-4-3-5-7-9/h8-9,15H,3-7,14H2,1-2H3. The number of anilines is 2. The van der Waals surface area contributed by atoms with Gasteiger partial charge >= 0.3 is 0 Å². The number of thiophene rings is 1. The Labute approximate surface area is 112 Å². The van der Waals surface area contributed by atoms with E-state index in [0.717, 1.165) is 5.00 Å². The van der Waals surface area contributed by atoms with Crippen molar-refractivity contribution in [1.29, 1.82) is 0 Å². The molecule has 1 saturated carbocycles. The molecule has 2 rings (SSSR count). The Morgan fingerprint density at radius 3 is 2.67 bits per heavy atom. The second-order valence-corrected chi connectivity index (χ2v) is 6.13. The Morgan fingerprint density at radius 2 is 2.06 bits per heavy atom. The van der Waals surface area contributed by atoms with Crippen molar-refractivity contribution in [3.8, 4) is 0 Å². The van der Waals surface area contributed by atoms with Gasteiger partial charge in [0.2, 0.25) is 0 Å². The molecule has 1 amide bonds. The second kappa shape index (κ2) is 5.61. The summed E-state index contributed by atoms with van der Waals surface area (Å²) < 4.78 is 0. The molecule has 0 aromatic carbocycles. The summed E-state index contributed by atoms with van der Waals surface area (Å²) in [6.07, 6.45) is 6.36. The van der Waals surface area contributed by atoms with Crippen molar-refractivity contribution >= 4 is 27.9 Å². The van der Waals surface area contributed by atoms with Crippen LogP contribution in [0.4, 0.5) is 10.7 Å². The van der Waals surface area contributed by atoms with Crippen LogP contribution in [0.1, 0.15) is 41.8 Å². The van der Waals surface area contributed by atoms with E-state index in [-0.39, 0.29) is 5.91 Å². The van der Waals surface area contributed by atoms with Crippen LogP contribution in [0.2, 0.25) is 0 Å². The molecule has 1 fully saturated rings. The largest absolute Gasteiger partial charge is 0.397 e. The van der Waals surface area contributed by atoms with E-state index in [1.807, 2.05) is 6.07 Å². The van der Waals surface area contributed by atoms with Gasteiger partial charge in [-0.3, -0.25) is 4.79 Å². The summed E-state index contributed by atoms with van der Waals surface area (Å²) >= 11 is 1.46. The molecule has 1 aliphatic rings. The Morgan fingerprint density at radius 1 is 1.39 bits per heavy atom. The van der Waals surface area contributed by atoms with Crippen LogP contribution in [0.5, 0.6) is 0 Å². The molecule has 5 heteroatoms. The normalized spacial score (nSPS) is 16.6. The van der Waals surface area contributed by atoms with Crippen LogP contribution in [0.15, 0.2) is 6.07 Å². The number of rotatable bonds is 3. The van der Waals surface area contributed by atoms with Gasteiger partial charge in [-0.1, -0.05) is 19.3 Å². The number of hydrogen-bond donors (Lipinski definition) is 2. The zero-order chi connectivity index (χ0) is 13.1. The lowest BCUT2D eigenvalue weighted by atomic mass is 9.96. The topological polar surface area (TPSA) is 58.4 Å². The third-order valence-electron chi connectivity index (χ3n) is 3.31. The van der Waals surface area contributed by atoms with Crippen molar-refractivity contribution in [2.45, 2.75) is 38.1 Å². The van der Waals surface area contributed by atoms with E-state index in [9.17, 15) is 4.79 Å². The molecule has 1 heterocycles. The summed E-state index contributed by atoms with van der Waals surface area (Å²) in [6, 6.07) is 2.43. The fraction of sp³-hybridized carbons (Fsp3) is 0.615. The second-order valence-electron chi connectivity index (χ2n) is 5.07. The minimum Gasteiger partial charge on any atom is -0.397 e. The van der Waals surface area contributed by atoms with Crippen LogP contribution in [0.25, 0.3) is 0 Å². The van der Waals surface area contributed by atoms with Crippen molar-refractivity contribution in [1.82, 2.24) is 4.90 Å².